The normalized spacial score (nSPS) is 23.2. The predicted octanol–water partition coefficient (Wildman–Crippen LogP) is 2.56. The molecule has 3 heterocycles. The third kappa shape index (κ3) is 2.59. The molecule has 2 atom stereocenters. The minimum atomic E-state index is -2.04. The molecule has 4 bridgehead atoms. The van der Waals surface area contributed by atoms with Gasteiger partial charge in [-0.3, -0.25) is 0 Å². The van der Waals surface area contributed by atoms with Crippen molar-refractivity contribution < 1.29 is 9.90 Å². The number of allylic oxidation sites excluding steroid dienone is 1. The molecule has 3 nitrogen and oxygen atoms in total. The standard InChI is InChI=1S/C20H18NO2S.In/c22-20(23)17-10-8-15(9-11-17)4-3-7-16-5-1-2-6-18(16)12-19-13-24-14-21-19;/h1-2,6-12,19,21H,4,13-14H2,(H,22,23);. The van der Waals surface area contributed by atoms with Crippen molar-refractivity contribution in [1.29, 1.82) is 0 Å². The Kier molecular flexibility index (Phi) is 3.99. The van der Waals surface area contributed by atoms with E-state index in [0.717, 1.165) is 16.0 Å². The average Bonchev–Trinajstić information content (AvgIpc) is 3.29. The minimum absolute atomic E-state index is 0.368. The zero-order valence-corrected chi connectivity index (χ0v) is 17.8. The summed E-state index contributed by atoms with van der Waals surface area (Å²) in [7, 11) is 0. The van der Waals surface area contributed by atoms with E-state index in [1.165, 1.54) is 16.9 Å². The Bertz CT molecular complexity index is 887. The molecule has 0 spiro atoms. The fraction of sp³-hybridized carbons (Fsp3) is 0.250. The van der Waals surface area contributed by atoms with Crippen molar-refractivity contribution in [3.63, 3.8) is 0 Å². The molecule has 124 valence electrons. The zero-order chi connectivity index (χ0) is 17.0. The third-order valence-corrected chi connectivity index (χ3v) is 17.8. The van der Waals surface area contributed by atoms with Crippen LogP contribution in [0.5, 0.6) is 0 Å². The van der Waals surface area contributed by atoms with Crippen LogP contribution in [0.25, 0.3) is 6.08 Å². The van der Waals surface area contributed by atoms with Gasteiger partial charge in [0.1, 0.15) is 0 Å². The van der Waals surface area contributed by atoms with Crippen LogP contribution in [0.15, 0.2) is 45.8 Å². The fourth-order valence-corrected chi connectivity index (χ4v) is 18.6. The number of thioether (sulfide) groups is 1. The van der Waals surface area contributed by atoms with E-state index in [9.17, 15) is 4.79 Å². The molecule has 0 radical (unpaired) electrons. The first-order valence-corrected chi connectivity index (χ1v) is 15.0. The number of hydrogen-bond acceptors (Lipinski definition) is 3. The van der Waals surface area contributed by atoms with Gasteiger partial charge in [-0.25, -0.2) is 0 Å². The Labute approximate surface area is 159 Å². The molecular formula is C20H18InNO2S. The van der Waals surface area contributed by atoms with Gasteiger partial charge >= 0.3 is 160 Å². The van der Waals surface area contributed by atoms with Crippen LogP contribution >= 0.6 is 11.8 Å². The Hall–Kier alpha value is -1.17. The van der Waals surface area contributed by atoms with Crippen LogP contribution in [0.3, 0.4) is 0 Å². The Morgan fingerprint density at radius 1 is 1.24 bits per heavy atom. The summed E-state index contributed by atoms with van der Waals surface area (Å²) in [6.07, 6.45) is 3.46. The van der Waals surface area contributed by atoms with E-state index in [0.29, 0.717) is 11.6 Å². The summed E-state index contributed by atoms with van der Waals surface area (Å²) >= 11 is -0.0214. The van der Waals surface area contributed by atoms with E-state index < -0.39 is 27.4 Å². The topological polar surface area (TPSA) is 49.3 Å². The van der Waals surface area contributed by atoms with Crippen LogP contribution in [-0.2, 0) is 6.42 Å². The third-order valence-electron chi connectivity index (χ3n) is 5.74. The van der Waals surface area contributed by atoms with Gasteiger partial charge in [0.15, 0.2) is 0 Å². The fourth-order valence-electron chi connectivity index (χ4n) is 4.66. The predicted molar refractivity (Wildman–Crippen MR) is 104 cm³/mol. The van der Waals surface area contributed by atoms with Crippen LogP contribution in [0.1, 0.15) is 30.7 Å². The van der Waals surface area contributed by atoms with Gasteiger partial charge in [-0.05, 0) is 0 Å². The summed E-state index contributed by atoms with van der Waals surface area (Å²) in [4.78, 5) is 11.0. The van der Waals surface area contributed by atoms with Crippen molar-refractivity contribution in [3.8, 4) is 0 Å². The molecule has 0 amide bonds. The molecular weight excluding hydrogens is 433 g/mol. The maximum atomic E-state index is 11.0. The van der Waals surface area contributed by atoms with Gasteiger partial charge in [-0.15, -0.1) is 0 Å². The van der Waals surface area contributed by atoms with Gasteiger partial charge < -0.3 is 0 Å². The monoisotopic (exact) mass is 451 g/mol. The van der Waals surface area contributed by atoms with E-state index in [1.54, 1.807) is 24.3 Å². The number of benzene rings is 2. The number of carboxylic acid groups (broad SMARTS) is 1. The van der Waals surface area contributed by atoms with Crippen molar-refractivity contribution in [1.82, 2.24) is 5.32 Å². The number of carbonyl (C=O) groups is 1. The summed E-state index contributed by atoms with van der Waals surface area (Å²) in [5.74, 6) is 1.46. The number of carboxylic acids is 1. The summed E-state index contributed by atoms with van der Waals surface area (Å²) in [5, 5.41) is 12.8. The van der Waals surface area contributed by atoms with Crippen molar-refractivity contribution in [2.75, 3.05) is 11.6 Å². The van der Waals surface area contributed by atoms with Gasteiger partial charge in [-0.2, -0.15) is 0 Å². The van der Waals surface area contributed by atoms with E-state index in [-0.39, 0.29) is 0 Å². The molecule has 0 saturated carbocycles. The summed E-state index contributed by atoms with van der Waals surface area (Å²) in [5.41, 5.74) is 4.74. The van der Waals surface area contributed by atoms with Crippen molar-refractivity contribution in [3.05, 3.63) is 68.0 Å². The average molecular weight is 451 g/mol. The van der Waals surface area contributed by atoms with E-state index in [4.69, 9.17) is 5.11 Å². The molecule has 2 aromatic rings. The van der Waals surface area contributed by atoms with Crippen LogP contribution < -0.4 is 8.64 Å². The number of nitrogens with one attached hydrogen (secondary N) is 1. The molecule has 0 aromatic heterocycles. The molecule has 2 N–H and O–H groups in total. The molecule has 3 aliphatic heterocycles. The van der Waals surface area contributed by atoms with Crippen LogP contribution in [0, 0.1) is 0 Å². The van der Waals surface area contributed by atoms with Crippen molar-refractivity contribution in [2.45, 2.75) is 16.1 Å². The van der Waals surface area contributed by atoms with Crippen LogP contribution in [-0.4, -0.2) is 50.2 Å². The quantitative estimate of drug-likeness (QED) is 0.751. The number of aromatic carboxylic acids is 1. The second-order valence-corrected chi connectivity index (χ2v) is 16.8. The Morgan fingerprint density at radius 3 is 2.76 bits per heavy atom. The SMILES string of the molecule is O=C(O)c1ccc(C[C]2=Cc3c4ccc[c]3[In]2[CH]4C2CSCN2)cc1. The van der Waals surface area contributed by atoms with Crippen LogP contribution in [0.4, 0.5) is 0 Å². The summed E-state index contributed by atoms with van der Waals surface area (Å²) in [6, 6.07) is 15.0. The molecule has 5 rings (SSSR count). The summed E-state index contributed by atoms with van der Waals surface area (Å²) < 4.78 is 4.14. The van der Waals surface area contributed by atoms with Gasteiger partial charge in [0.05, 0.1) is 0 Å². The summed E-state index contributed by atoms with van der Waals surface area (Å²) in [6.45, 7) is 0. The Balaban J connectivity index is 1.45. The maximum absolute atomic E-state index is 11.0. The van der Waals surface area contributed by atoms with Gasteiger partial charge in [-0.1, -0.05) is 0 Å². The first-order chi connectivity index (χ1) is 12.2. The first-order valence-electron chi connectivity index (χ1n) is 8.69. The second kappa shape index (κ2) is 6.22. The number of hydrogen-bond donors (Lipinski definition) is 2. The molecule has 5 heteroatoms. The molecule has 1 saturated heterocycles. The van der Waals surface area contributed by atoms with E-state index in [2.05, 4.69) is 29.6 Å². The van der Waals surface area contributed by atoms with E-state index in [1.807, 2.05) is 23.9 Å². The molecule has 1 fully saturated rings. The first kappa shape index (κ1) is 16.0. The van der Waals surface area contributed by atoms with Gasteiger partial charge in [0.25, 0.3) is 0 Å². The molecule has 2 aromatic carbocycles. The van der Waals surface area contributed by atoms with E-state index >= 15 is 0 Å². The van der Waals surface area contributed by atoms with Crippen molar-refractivity contribution in [2.24, 2.45) is 0 Å². The number of rotatable bonds is 4. The van der Waals surface area contributed by atoms with Gasteiger partial charge in [0.2, 0.25) is 0 Å². The van der Waals surface area contributed by atoms with Crippen LogP contribution in [0.2, 0.25) is 0 Å². The zero-order valence-electron chi connectivity index (χ0n) is 13.7. The Morgan fingerprint density at radius 2 is 2.08 bits per heavy atom. The molecule has 2 unspecified atom stereocenters. The molecule has 3 aliphatic rings. The van der Waals surface area contributed by atoms with Gasteiger partial charge in [0, 0.05) is 0 Å². The molecule has 25 heavy (non-hydrogen) atoms. The second-order valence-electron chi connectivity index (χ2n) is 7.08. The molecule has 0 aliphatic carbocycles. The van der Waals surface area contributed by atoms with Crippen molar-refractivity contribution >= 4 is 48.6 Å².